The molecule has 0 heterocycles. The maximum Gasteiger partial charge on any atom is 0.265 e. The second-order valence-corrected chi connectivity index (χ2v) is 2.50. The Kier molecular flexibility index (Phi) is 2.61. The summed E-state index contributed by atoms with van der Waals surface area (Å²) >= 11 is 5.50. The van der Waals surface area contributed by atoms with Crippen LogP contribution in [0, 0.1) is 11.3 Å². The lowest BCUT2D eigenvalue weighted by molar-refractivity contribution is 0.151. The van der Waals surface area contributed by atoms with Crippen LogP contribution < -0.4 is 0 Å². The minimum Gasteiger partial charge on any atom is -0.205 e. The van der Waals surface area contributed by atoms with Gasteiger partial charge in [0.2, 0.25) is 0 Å². The summed E-state index contributed by atoms with van der Waals surface area (Å²) in [6.45, 7) is 0. The molecule has 0 spiro atoms. The fourth-order valence-electron chi connectivity index (χ4n) is 0.805. The molecule has 12 heavy (non-hydrogen) atoms. The van der Waals surface area contributed by atoms with Crippen molar-refractivity contribution in [2.45, 2.75) is 6.43 Å². The number of hydrogen-bond donors (Lipinski definition) is 0. The molecule has 0 radical (unpaired) electrons. The highest BCUT2D eigenvalue weighted by atomic mass is 35.5. The van der Waals surface area contributed by atoms with Crippen molar-refractivity contribution in [3.05, 3.63) is 34.3 Å². The van der Waals surface area contributed by atoms with E-state index in [9.17, 15) is 8.78 Å². The predicted molar refractivity (Wildman–Crippen MR) is 41.1 cm³/mol. The maximum absolute atomic E-state index is 12.2. The van der Waals surface area contributed by atoms with E-state index in [1.807, 2.05) is 0 Å². The molecule has 0 fully saturated rings. The molecule has 0 N–H and O–H groups in total. The van der Waals surface area contributed by atoms with Gasteiger partial charge >= 0.3 is 0 Å². The molecule has 0 saturated heterocycles. The van der Waals surface area contributed by atoms with E-state index in [2.05, 4.69) is 0 Å². The van der Waals surface area contributed by atoms with E-state index < -0.39 is 6.43 Å². The van der Waals surface area contributed by atoms with Crippen LogP contribution in [0.5, 0.6) is 0 Å². The topological polar surface area (TPSA) is 23.8 Å². The maximum atomic E-state index is 12.2. The number of alkyl halides is 2. The minimum atomic E-state index is -2.63. The van der Waals surface area contributed by atoms with Crippen LogP contribution >= 0.6 is 11.6 Å². The Morgan fingerprint density at radius 2 is 2.08 bits per heavy atom. The van der Waals surface area contributed by atoms with E-state index in [1.54, 1.807) is 6.07 Å². The van der Waals surface area contributed by atoms with Crippen LogP contribution in [0.3, 0.4) is 0 Å². The second kappa shape index (κ2) is 3.51. The fourth-order valence-corrected chi connectivity index (χ4v) is 1.06. The van der Waals surface area contributed by atoms with Gasteiger partial charge in [-0.15, -0.1) is 0 Å². The van der Waals surface area contributed by atoms with Gasteiger partial charge in [0.1, 0.15) is 6.07 Å². The lowest BCUT2D eigenvalue weighted by Gasteiger charge is -2.02. The molecule has 4 heteroatoms. The van der Waals surface area contributed by atoms with Crippen LogP contribution in [-0.4, -0.2) is 0 Å². The van der Waals surface area contributed by atoms with Crippen molar-refractivity contribution in [2.75, 3.05) is 0 Å². The van der Waals surface area contributed by atoms with Crippen molar-refractivity contribution in [3.8, 4) is 6.07 Å². The van der Waals surface area contributed by atoms with Gasteiger partial charge in [0, 0.05) is 5.56 Å². The third kappa shape index (κ3) is 1.54. The predicted octanol–water partition coefficient (Wildman–Crippen LogP) is 3.15. The van der Waals surface area contributed by atoms with E-state index in [1.165, 1.54) is 18.2 Å². The molecule has 1 aromatic carbocycles. The highest BCUT2D eigenvalue weighted by Gasteiger charge is 2.13. The second-order valence-electron chi connectivity index (χ2n) is 2.12. The van der Waals surface area contributed by atoms with Crippen LogP contribution in [0.15, 0.2) is 18.2 Å². The zero-order valence-corrected chi connectivity index (χ0v) is 6.65. The van der Waals surface area contributed by atoms with Crippen LogP contribution in [-0.2, 0) is 0 Å². The average molecular weight is 188 g/mol. The van der Waals surface area contributed by atoms with Crippen LogP contribution in [0.4, 0.5) is 8.78 Å². The molecule has 0 aliphatic heterocycles. The molecule has 0 bridgehead atoms. The summed E-state index contributed by atoms with van der Waals surface area (Å²) < 4.78 is 24.3. The van der Waals surface area contributed by atoms with Crippen molar-refractivity contribution in [3.63, 3.8) is 0 Å². The Bertz CT molecular complexity index is 330. The van der Waals surface area contributed by atoms with Gasteiger partial charge in [0.25, 0.3) is 6.43 Å². The van der Waals surface area contributed by atoms with E-state index in [0.29, 0.717) is 0 Å². The molecule has 1 nitrogen and oxygen atoms in total. The van der Waals surface area contributed by atoms with Crippen molar-refractivity contribution in [1.29, 1.82) is 5.26 Å². The Balaban J connectivity index is 3.25. The zero-order valence-electron chi connectivity index (χ0n) is 5.89. The van der Waals surface area contributed by atoms with Gasteiger partial charge in [-0.2, -0.15) is 5.26 Å². The number of nitrogens with zero attached hydrogens (tertiary/aromatic N) is 1. The molecule has 0 aliphatic carbocycles. The highest BCUT2D eigenvalue weighted by Crippen LogP contribution is 2.28. The number of nitriles is 1. The molecule has 0 unspecified atom stereocenters. The van der Waals surface area contributed by atoms with Gasteiger partial charge in [0.15, 0.2) is 0 Å². The Morgan fingerprint density at radius 3 is 2.58 bits per heavy atom. The van der Waals surface area contributed by atoms with Crippen LogP contribution in [0.2, 0.25) is 5.02 Å². The standard InChI is InChI=1S/C8H4ClF2N/c9-7-5(4-12)2-1-3-6(7)8(10)11/h1-3,8H. The summed E-state index contributed by atoms with van der Waals surface area (Å²) in [6, 6.07) is 5.71. The van der Waals surface area contributed by atoms with E-state index in [0.717, 1.165) is 0 Å². The van der Waals surface area contributed by atoms with Gasteiger partial charge in [-0.3, -0.25) is 0 Å². The Morgan fingerprint density at radius 1 is 1.42 bits per heavy atom. The molecular weight excluding hydrogens is 184 g/mol. The van der Waals surface area contributed by atoms with Crippen molar-refractivity contribution >= 4 is 11.6 Å². The summed E-state index contributed by atoms with van der Waals surface area (Å²) in [5.74, 6) is 0. The third-order valence-corrected chi connectivity index (χ3v) is 1.81. The third-order valence-electron chi connectivity index (χ3n) is 1.38. The minimum absolute atomic E-state index is 0.0782. The molecule has 0 saturated carbocycles. The van der Waals surface area contributed by atoms with Gasteiger partial charge < -0.3 is 0 Å². The first-order valence-corrected chi connectivity index (χ1v) is 3.51. The summed E-state index contributed by atoms with van der Waals surface area (Å²) in [5, 5.41) is 8.29. The molecule has 1 rings (SSSR count). The van der Waals surface area contributed by atoms with Gasteiger partial charge in [-0.25, -0.2) is 8.78 Å². The van der Waals surface area contributed by atoms with Gasteiger partial charge in [-0.1, -0.05) is 23.7 Å². The summed E-state index contributed by atoms with van der Waals surface area (Å²) in [5.41, 5.74) is -0.217. The SMILES string of the molecule is N#Cc1cccc(C(F)F)c1Cl. The van der Waals surface area contributed by atoms with Crippen molar-refractivity contribution in [1.82, 2.24) is 0 Å². The highest BCUT2D eigenvalue weighted by molar-refractivity contribution is 6.32. The van der Waals surface area contributed by atoms with Gasteiger partial charge in [-0.05, 0) is 6.07 Å². The van der Waals surface area contributed by atoms with Crippen molar-refractivity contribution < 1.29 is 8.78 Å². The molecule has 0 aliphatic rings. The van der Waals surface area contributed by atoms with E-state index >= 15 is 0 Å². The lowest BCUT2D eigenvalue weighted by Crippen LogP contribution is -1.88. The Labute approximate surface area is 73.2 Å². The van der Waals surface area contributed by atoms with E-state index in [-0.39, 0.29) is 16.1 Å². The summed E-state index contributed by atoms with van der Waals surface area (Å²) in [7, 11) is 0. The van der Waals surface area contributed by atoms with Crippen molar-refractivity contribution in [2.24, 2.45) is 0 Å². The van der Waals surface area contributed by atoms with Gasteiger partial charge in [0.05, 0.1) is 10.6 Å². The monoisotopic (exact) mass is 187 g/mol. The Hall–Kier alpha value is -1.14. The number of hydrogen-bond acceptors (Lipinski definition) is 1. The lowest BCUT2D eigenvalue weighted by atomic mass is 10.1. The number of rotatable bonds is 1. The molecule has 0 amide bonds. The first kappa shape index (κ1) is 8.95. The molecule has 0 aromatic heterocycles. The average Bonchev–Trinajstić information content (AvgIpc) is 2.04. The largest absolute Gasteiger partial charge is 0.265 e. The van der Waals surface area contributed by atoms with E-state index in [4.69, 9.17) is 16.9 Å². The molecular formula is C8H4ClF2N. The summed E-state index contributed by atoms with van der Waals surface area (Å²) in [6.07, 6.45) is -2.63. The fraction of sp³-hybridized carbons (Fsp3) is 0.125. The first-order chi connectivity index (χ1) is 5.66. The summed E-state index contributed by atoms with van der Waals surface area (Å²) in [4.78, 5) is 0. The zero-order chi connectivity index (χ0) is 9.14. The van der Waals surface area contributed by atoms with Crippen LogP contribution in [0.25, 0.3) is 0 Å². The number of halogens is 3. The molecule has 1 aromatic rings. The first-order valence-electron chi connectivity index (χ1n) is 3.13. The smallest absolute Gasteiger partial charge is 0.205 e. The molecule has 0 atom stereocenters. The normalized spacial score (nSPS) is 9.92. The van der Waals surface area contributed by atoms with Crippen LogP contribution in [0.1, 0.15) is 17.6 Å². The quantitative estimate of drug-likeness (QED) is 0.663. The number of benzene rings is 1. The molecule has 62 valence electrons.